The highest BCUT2D eigenvalue weighted by Gasteiger charge is 2.31. The van der Waals surface area contributed by atoms with Crippen LogP contribution in [0.1, 0.15) is 44.6 Å². The fourth-order valence-corrected chi connectivity index (χ4v) is 4.33. The molecule has 3 heteroatoms. The molecule has 1 N–H and O–H groups in total. The molecule has 136 valence electrons. The normalized spacial score (nSPS) is 26.4. The standard InChI is InChI=1S/C22H32N2O/c1-2-24(18-20-11-7-4-8-12-20)22(25)21-13-15-23(16-14-21)17-19-9-5-3-6-10-19/h3-5,7-8,11-12,19,21H,2,6,9-10,13-18H2,1H3/p+1/t19-/m0/s1. The molecule has 0 aromatic heterocycles. The molecule has 1 saturated heterocycles. The van der Waals surface area contributed by atoms with Crippen molar-refractivity contribution in [2.75, 3.05) is 26.2 Å². The van der Waals surface area contributed by atoms with Crippen LogP contribution in [0.4, 0.5) is 0 Å². The molecular formula is C22H33N2O+. The van der Waals surface area contributed by atoms with Crippen LogP contribution in [0.25, 0.3) is 0 Å². The number of nitrogens with one attached hydrogen (secondary N) is 1. The van der Waals surface area contributed by atoms with Gasteiger partial charge in [0.2, 0.25) is 5.91 Å². The van der Waals surface area contributed by atoms with E-state index in [0.29, 0.717) is 5.91 Å². The third kappa shape index (κ3) is 5.18. The zero-order chi connectivity index (χ0) is 17.5. The van der Waals surface area contributed by atoms with Crippen LogP contribution in [0.3, 0.4) is 0 Å². The predicted molar refractivity (Wildman–Crippen MR) is 102 cm³/mol. The minimum atomic E-state index is 0.235. The smallest absolute Gasteiger partial charge is 0.226 e. The SMILES string of the molecule is CCN(Cc1ccccc1)C(=O)C1CC[NH+](C[C@H]2CC=CCC2)CC1. The number of hydrogen-bond acceptors (Lipinski definition) is 1. The molecule has 1 aliphatic carbocycles. The quantitative estimate of drug-likeness (QED) is 0.791. The number of carbonyl (C=O) groups excluding carboxylic acids is 1. The summed E-state index contributed by atoms with van der Waals surface area (Å²) in [5.74, 6) is 1.46. The van der Waals surface area contributed by atoms with Gasteiger partial charge < -0.3 is 9.80 Å². The van der Waals surface area contributed by atoms with Crippen molar-refractivity contribution in [1.29, 1.82) is 0 Å². The Kier molecular flexibility index (Phi) is 6.69. The van der Waals surface area contributed by atoms with E-state index in [0.717, 1.165) is 31.8 Å². The Balaban J connectivity index is 1.47. The minimum absolute atomic E-state index is 0.235. The first-order chi connectivity index (χ1) is 12.3. The van der Waals surface area contributed by atoms with Gasteiger partial charge in [-0.3, -0.25) is 4.79 Å². The van der Waals surface area contributed by atoms with Gasteiger partial charge in [0, 0.05) is 37.8 Å². The van der Waals surface area contributed by atoms with Crippen molar-refractivity contribution in [3.8, 4) is 0 Å². The Morgan fingerprint density at radius 3 is 2.52 bits per heavy atom. The first-order valence-corrected chi connectivity index (χ1v) is 10.1. The average molecular weight is 342 g/mol. The number of quaternary nitrogens is 1. The maximum atomic E-state index is 12.9. The van der Waals surface area contributed by atoms with Crippen LogP contribution in [0.5, 0.6) is 0 Å². The molecule has 25 heavy (non-hydrogen) atoms. The largest absolute Gasteiger partial charge is 0.338 e. The topological polar surface area (TPSA) is 24.8 Å². The first kappa shape index (κ1) is 18.2. The summed E-state index contributed by atoms with van der Waals surface area (Å²) in [5, 5.41) is 0. The number of carbonyl (C=O) groups is 1. The number of amides is 1. The molecule has 1 aromatic rings. The Hall–Kier alpha value is -1.61. The number of likely N-dealkylation sites (tertiary alicyclic amines) is 1. The van der Waals surface area contributed by atoms with Crippen molar-refractivity contribution < 1.29 is 9.69 Å². The summed E-state index contributed by atoms with van der Waals surface area (Å²) in [4.78, 5) is 16.7. The number of benzene rings is 1. The summed E-state index contributed by atoms with van der Waals surface area (Å²) in [6.45, 7) is 7.27. The maximum Gasteiger partial charge on any atom is 0.226 e. The number of hydrogen-bond donors (Lipinski definition) is 1. The van der Waals surface area contributed by atoms with Crippen LogP contribution in [0.2, 0.25) is 0 Å². The molecule has 0 radical (unpaired) electrons. The van der Waals surface area contributed by atoms with Crippen molar-refractivity contribution in [2.45, 2.75) is 45.6 Å². The lowest BCUT2D eigenvalue weighted by Gasteiger charge is -2.33. The van der Waals surface area contributed by atoms with Crippen LogP contribution in [0, 0.1) is 11.8 Å². The fourth-order valence-electron chi connectivity index (χ4n) is 4.33. The summed E-state index contributed by atoms with van der Waals surface area (Å²) >= 11 is 0. The molecule has 1 amide bonds. The summed E-state index contributed by atoms with van der Waals surface area (Å²) < 4.78 is 0. The minimum Gasteiger partial charge on any atom is -0.338 e. The van der Waals surface area contributed by atoms with E-state index < -0.39 is 0 Å². The third-order valence-corrected chi connectivity index (χ3v) is 5.91. The van der Waals surface area contributed by atoms with Gasteiger partial charge in [-0.05, 0) is 31.7 Å². The van der Waals surface area contributed by atoms with Crippen LogP contribution in [-0.4, -0.2) is 37.0 Å². The fraction of sp³-hybridized carbons (Fsp3) is 0.591. The molecule has 0 bridgehead atoms. The van der Waals surface area contributed by atoms with E-state index in [-0.39, 0.29) is 5.92 Å². The Morgan fingerprint density at radius 2 is 1.88 bits per heavy atom. The molecule has 0 spiro atoms. The Bertz CT molecular complexity index is 561. The molecule has 3 nitrogen and oxygen atoms in total. The second kappa shape index (κ2) is 9.19. The zero-order valence-electron chi connectivity index (χ0n) is 15.6. The molecule has 2 aliphatic rings. The van der Waals surface area contributed by atoms with Gasteiger partial charge in [-0.2, -0.15) is 0 Å². The van der Waals surface area contributed by atoms with E-state index in [1.165, 1.54) is 44.5 Å². The van der Waals surface area contributed by atoms with Crippen LogP contribution in [-0.2, 0) is 11.3 Å². The molecule has 1 aliphatic heterocycles. The molecule has 1 aromatic carbocycles. The number of piperidine rings is 1. The van der Waals surface area contributed by atoms with Gasteiger partial charge in [0.05, 0.1) is 19.6 Å². The second-order valence-electron chi connectivity index (χ2n) is 7.72. The lowest BCUT2D eigenvalue weighted by molar-refractivity contribution is -0.909. The van der Waals surface area contributed by atoms with Gasteiger partial charge in [-0.1, -0.05) is 42.5 Å². The highest BCUT2D eigenvalue weighted by atomic mass is 16.2. The van der Waals surface area contributed by atoms with E-state index in [9.17, 15) is 4.79 Å². The Labute approximate surface area is 152 Å². The molecular weight excluding hydrogens is 308 g/mol. The summed E-state index contributed by atoms with van der Waals surface area (Å²) in [6, 6.07) is 10.4. The molecule has 3 rings (SSSR count). The molecule has 1 fully saturated rings. The highest BCUT2D eigenvalue weighted by Crippen LogP contribution is 2.18. The number of allylic oxidation sites excluding steroid dienone is 2. The molecule has 0 unspecified atom stereocenters. The van der Waals surface area contributed by atoms with E-state index in [4.69, 9.17) is 0 Å². The van der Waals surface area contributed by atoms with E-state index >= 15 is 0 Å². The highest BCUT2D eigenvalue weighted by molar-refractivity contribution is 5.78. The van der Waals surface area contributed by atoms with Gasteiger partial charge in [-0.25, -0.2) is 0 Å². The van der Waals surface area contributed by atoms with E-state index in [2.05, 4.69) is 43.3 Å². The van der Waals surface area contributed by atoms with Crippen LogP contribution in [0.15, 0.2) is 42.5 Å². The lowest BCUT2D eigenvalue weighted by Crippen LogP contribution is -3.13. The first-order valence-electron chi connectivity index (χ1n) is 10.1. The lowest BCUT2D eigenvalue weighted by atomic mass is 9.91. The predicted octanol–water partition coefficient (Wildman–Crippen LogP) is 2.69. The Morgan fingerprint density at radius 1 is 1.12 bits per heavy atom. The van der Waals surface area contributed by atoms with Crippen molar-refractivity contribution in [3.05, 3.63) is 48.0 Å². The van der Waals surface area contributed by atoms with E-state index in [1.54, 1.807) is 4.90 Å². The zero-order valence-corrected chi connectivity index (χ0v) is 15.6. The van der Waals surface area contributed by atoms with Gasteiger partial charge in [0.25, 0.3) is 0 Å². The van der Waals surface area contributed by atoms with Crippen molar-refractivity contribution in [2.24, 2.45) is 11.8 Å². The second-order valence-corrected chi connectivity index (χ2v) is 7.72. The van der Waals surface area contributed by atoms with Crippen molar-refractivity contribution in [3.63, 3.8) is 0 Å². The maximum absolute atomic E-state index is 12.9. The van der Waals surface area contributed by atoms with Gasteiger partial charge in [0.1, 0.15) is 0 Å². The van der Waals surface area contributed by atoms with Crippen molar-refractivity contribution >= 4 is 5.91 Å². The summed E-state index contributed by atoms with van der Waals surface area (Å²) in [7, 11) is 0. The molecule has 1 atom stereocenters. The van der Waals surface area contributed by atoms with E-state index in [1.807, 2.05) is 11.0 Å². The summed E-state index contributed by atoms with van der Waals surface area (Å²) in [5.41, 5.74) is 1.23. The van der Waals surface area contributed by atoms with Gasteiger partial charge >= 0.3 is 0 Å². The number of nitrogens with zero attached hydrogens (tertiary/aromatic N) is 1. The monoisotopic (exact) mass is 341 g/mol. The number of rotatable bonds is 6. The van der Waals surface area contributed by atoms with Crippen LogP contribution < -0.4 is 4.90 Å². The average Bonchev–Trinajstić information content (AvgIpc) is 2.68. The van der Waals surface area contributed by atoms with Gasteiger partial charge in [0.15, 0.2) is 0 Å². The molecule has 0 saturated carbocycles. The summed E-state index contributed by atoms with van der Waals surface area (Å²) in [6.07, 6.45) is 10.7. The van der Waals surface area contributed by atoms with Crippen molar-refractivity contribution in [1.82, 2.24) is 4.90 Å². The van der Waals surface area contributed by atoms with Gasteiger partial charge in [-0.15, -0.1) is 0 Å². The molecule has 1 heterocycles. The third-order valence-electron chi connectivity index (χ3n) is 5.91. The van der Waals surface area contributed by atoms with Crippen LogP contribution >= 0.6 is 0 Å².